The highest BCUT2D eigenvalue weighted by atomic mass is 79.9. The van der Waals surface area contributed by atoms with Gasteiger partial charge in [-0.15, -0.1) is 0 Å². The third-order valence-corrected chi connectivity index (χ3v) is 7.09. The van der Waals surface area contributed by atoms with E-state index in [9.17, 15) is 0 Å². The maximum Gasteiger partial charge on any atom is 0.229 e. The zero-order valence-corrected chi connectivity index (χ0v) is 13.8. The van der Waals surface area contributed by atoms with Crippen LogP contribution in [0.3, 0.4) is 0 Å². The third-order valence-electron chi connectivity index (χ3n) is 2.54. The smallest absolute Gasteiger partial charge is 0.229 e. The largest absolute Gasteiger partial charge is 1.00 e. The molecular formula is C11H25BrN3P. The van der Waals surface area contributed by atoms with Gasteiger partial charge in [-0.2, -0.15) is 14.0 Å². The number of hydrogen-bond donors (Lipinski definition) is 0. The van der Waals surface area contributed by atoms with Gasteiger partial charge in [-0.05, 0) is 6.08 Å². The minimum atomic E-state index is -1.38. The first-order valence-corrected chi connectivity index (χ1v) is 6.92. The molecule has 0 aromatic rings. The topological polar surface area (TPSA) is 9.72 Å². The summed E-state index contributed by atoms with van der Waals surface area (Å²) >= 11 is 0. The van der Waals surface area contributed by atoms with Gasteiger partial charge < -0.3 is 17.0 Å². The molecule has 96 valence electrons. The Morgan fingerprint density at radius 3 is 1.56 bits per heavy atom. The number of nitrogens with zero attached hydrogens (tertiary/aromatic N) is 3. The van der Waals surface area contributed by atoms with Gasteiger partial charge in [0.15, 0.2) is 0 Å². The van der Waals surface area contributed by atoms with Crippen molar-refractivity contribution in [3.8, 4) is 0 Å². The predicted octanol–water partition coefficient (Wildman–Crippen LogP) is -0.820. The van der Waals surface area contributed by atoms with E-state index in [0.717, 1.165) is 6.16 Å². The second-order valence-corrected chi connectivity index (χ2v) is 8.23. The molecule has 0 heterocycles. The normalized spacial score (nSPS) is 12.6. The number of halogens is 1. The molecule has 0 N–H and O–H groups in total. The van der Waals surface area contributed by atoms with Crippen LogP contribution in [0.25, 0.3) is 0 Å². The van der Waals surface area contributed by atoms with Crippen molar-refractivity contribution in [3.05, 3.63) is 24.8 Å². The van der Waals surface area contributed by atoms with E-state index in [-0.39, 0.29) is 17.0 Å². The Balaban J connectivity index is 0. The number of rotatable bonds is 6. The van der Waals surface area contributed by atoms with Crippen LogP contribution in [-0.2, 0) is 0 Å². The zero-order valence-electron chi connectivity index (χ0n) is 11.3. The average molecular weight is 310 g/mol. The lowest BCUT2D eigenvalue weighted by Gasteiger charge is -2.39. The Bertz CT molecular complexity index is 205. The molecule has 3 nitrogen and oxygen atoms in total. The first-order chi connectivity index (χ1) is 6.89. The van der Waals surface area contributed by atoms with Crippen molar-refractivity contribution in [2.75, 3.05) is 48.4 Å². The first-order valence-electron chi connectivity index (χ1n) is 5.08. The van der Waals surface area contributed by atoms with Crippen molar-refractivity contribution in [1.29, 1.82) is 0 Å². The van der Waals surface area contributed by atoms with Crippen LogP contribution in [0.1, 0.15) is 0 Å². The van der Waals surface area contributed by atoms with Crippen molar-refractivity contribution in [2.24, 2.45) is 0 Å². The summed E-state index contributed by atoms with van der Waals surface area (Å²) in [7, 11) is 11.5. The van der Waals surface area contributed by atoms with Gasteiger partial charge in [0, 0.05) is 42.3 Å². The molecule has 0 saturated carbocycles. The molecule has 0 aromatic heterocycles. The van der Waals surface area contributed by atoms with Gasteiger partial charge in [0.05, 0.1) is 0 Å². The fraction of sp³-hybridized carbons (Fsp3) is 0.636. The molecule has 0 bridgehead atoms. The maximum atomic E-state index is 3.70. The van der Waals surface area contributed by atoms with E-state index < -0.39 is 7.71 Å². The minimum Gasteiger partial charge on any atom is -1.00 e. The summed E-state index contributed by atoms with van der Waals surface area (Å²) in [5, 5.41) is 0. The lowest BCUT2D eigenvalue weighted by atomic mass is 10.5. The molecule has 0 aliphatic carbocycles. The zero-order chi connectivity index (χ0) is 12.1. The molecule has 0 unspecified atom stereocenters. The quantitative estimate of drug-likeness (QED) is 0.469. The van der Waals surface area contributed by atoms with Crippen LogP contribution in [0.15, 0.2) is 24.8 Å². The summed E-state index contributed by atoms with van der Waals surface area (Å²) in [6.07, 6.45) is 7.09. The summed E-state index contributed by atoms with van der Waals surface area (Å²) in [6, 6.07) is 0. The minimum absolute atomic E-state index is 0. The van der Waals surface area contributed by atoms with E-state index in [1.54, 1.807) is 0 Å². The lowest BCUT2D eigenvalue weighted by Crippen LogP contribution is -3.00. The van der Waals surface area contributed by atoms with E-state index in [0.29, 0.717) is 0 Å². The van der Waals surface area contributed by atoms with Crippen LogP contribution in [-0.4, -0.2) is 62.5 Å². The molecule has 0 atom stereocenters. The van der Waals surface area contributed by atoms with Crippen molar-refractivity contribution in [2.45, 2.75) is 0 Å². The van der Waals surface area contributed by atoms with Crippen LogP contribution in [0.4, 0.5) is 0 Å². The van der Waals surface area contributed by atoms with Gasteiger partial charge in [-0.3, -0.25) is 0 Å². The van der Waals surface area contributed by atoms with Gasteiger partial charge in [0.25, 0.3) is 0 Å². The van der Waals surface area contributed by atoms with Crippen molar-refractivity contribution >= 4 is 7.71 Å². The van der Waals surface area contributed by atoms with E-state index in [2.05, 4.69) is 69.0 Å². The van der Waals surface area contributed by atoms with Crippen molar-refractivity contribution in [1.82, 2.24) is 14.0 Å². The summed E-state index contributed by atoms with van der Waals surface area (Å²) in [5.74, 6) is 0. The lowest BCUT2D eigenvalue weighted by molar-refractivity contribution is -0.00000346. The predicted molar refractivity (Wildman–Crippen MR) is 72.2 cm³/mol. The highest BCUT2D eigenvalue weighted by molar-refractivity contribution is 7.69. The summed E-state index contributed by atoms with van der Waals surface area (Å²) in [6.45, 7) is 3.70. The fourth-order valence-corrected chi connectivity index (χ4v) is 5.39. The molecule has 0 saturated heterocycles. The van der Waals surface area contributed by atoms with Gasteiger partial charge >= 0.3 is 0 Å². The highest BCUT2D eigenvalue weighted by Crippen LogP contribution is 2.63. The summed E-state index contributed by atoms with van der Waals surface area (Å²) < 4.78 is 7.00. The Morgan fingerprint density at radius 1 is 0.938 bits per heavy atom. The van der Waals surface area contributed by atoms with E-state index in [4.69, 9.17) is 0 Å². The second-order valence-electron chi connectivity index (χ2n) is 4.08. The summed E-state index contributed by atoms with van der Waals surface area (Å²) in [5.41, 5.74) is 0. The Hall–Kier alpha value is 0.270. The molecule has 0 radical (unpaired) electrons. The average Bonchev–Trinajstić information content (AvgIpc) is 2.10. The number of allylic oxidation sites excluding steroid dienone is 3. The number of hydrogen-bond acceptors (Lipinski definition) is 3. The Kier molecular flexibility index (Phi) is 9.75. The fourth-order valence-electron chi connectivity index (χ4n) is 1.86. The summed E-state index contributed by atoms with van der Waals surface area (Å²) in [4.78, 5) is 0. The van der Waals surface area contributed by atoms with Gasteiger partial charge in [0.1, 0.15) is 6.16 Å². The van der Waals surface area contributed by atoms with Gasteiger partial charge in [0.2, 0.25) is 7.71 Å². The molecule has 0 spiro atoms. The molecule has 0 amide bonds. The molecule has 0 aromatic carbocycles. The first kappa shape index (κ1) is 18.6. The van der Waals surface area contributed by atoms with Crippen molar-refractivity contribution < 1.29 is 17.0 Å². The molecule has 0 rings (SSSR count). The van der Waals surface area contributed by atoms with Crippen LogP contribution in [0.2, 0.25) is 0 Å². The van der Waals surface area contributed by atoms with E-state index in [1.807, 2.05) is 12.2 Å². The molecule has 0 fully saturated rings. The molecule has 0 aliphatic rings. The van der Waals surface area contributed by atoms with Gasteiger partial charge in [-0.25, -0.2) is 0 Å². The van der Waals surface area contributed by atoms with Crippen LogP contribution >= 0.6 is 7.71 Å². The molecular weight excluding hydrogens is 285 g/mol. The highest BCUT2D eigenvalue weighted by Gasteiger charge is 2.45. The van der Waals surface area contributed by atoms with E-state index >= 15 is 0 Å². The molecule has 0 aliphatic heterocycles. The standard InChI is InChI=1S/C11H25N3P.BrH/c1-8-9-10-11-15(12(2)3,13(4)5)14(6)7;/h8-10H,1,11H2,2-7H3;1H/q+1;/p-1/b10-9+;. The Labute approximate surface area is 112 Å². The monoisotopic (exact) mass is 309 g/mol. The van der Waals surface area contributed by atoms with Gasteiger partial charge in [-0.1, -0.05) is 18.7 Å². The van der Waals surface area contributed by atoms with Crippen LogP contribution in [0, 0.1) is 0 Å². The second kappa shape index (κ2) is 8.37. The SMILES string of the molecule is C=C/C=C/C[P+](N(C)C)(N(C)C)N(C)C.[Br-]. The maximum absolute atomic E-state index is 3.70. The van der Waals surface area contributed by atoms with Crippen LogP contribution < -0.4 is 17.0 Å². The van der Waals surface area contributed by atoms with Crippen molar-refractivity contribution in [3.63, 3.8) is 0 Å². The van der Waals surface area contributed by atoms with E-state index in [1.165, 1.54) is 0 Å². The Morgan fingerprint density at radius 2 is 1.31 bits per heavy atom. The third kappa shape index (κ3) is 4.27. The van der Waals surface area contributed by atoms with Crippen LogP contribution in [0.5, 0.6) is 0 Å². The molecule has 5 heteroatoms. The molecule has 16 heavy (non-hydrogen) atoms.